The highest BCUT2D eigenvalue weighted by Crippen LogP contribution is 2.21. The van der Waals surface area contributed by atoms with E-state index in [0.717, 1.165) is 16.9 Å². The molecule has 0 aliphatic carbocycles. The second-order valence-electron chi connectivity index (χ2n) is 6.77. The first-order chi connectivity index (χ1) is 14.0. The lowest BCUT2D eigenvalue weighted by Gasteiger charge is -2.22. The Kier molecular flexibility index (Phi) is 6.49. The third kappa shape index (κ3) is 5.13. The number of nitrogens with zero attached hydrogens (tertiary/aromatic N) is 3. The van der Waals surface area contributed by atoms with Crippen molar-refractivity contribution in [2.75, 3.05) is 14.2 Å². The monoisotopic (exact) mass is 395 g/mol. The van der Waals surface area contributed by atoms with Gasteiger partial charge in [-0.1, -0.05) is 24.2 Å². The van der Waals surface area contributed by atoms with E-state index in [9.17, 15) is 4.79 Å². The molecule has 0 bridgehead atoms. The maximum absolute atomic E-state index is 12.8. The lowest BCUT2D eigenvalue weighted by molar-refractivity contribution is -0.138. The van der Waals surface area contributed by atoms with E-state index in [2.05, 4.69) is 10.1 Å². The molecule has 0 saturated heterocycles. The SMILES string of the molecule is CC[C@@H](Oc1cccc(C)c1)C(=O)N(C)Cc1nc(-c2ccc(OC)cc2)no1. The van der Waals surface area contributed by atoms with Gasteiger partial charge >= 0.3 is 0 Å². The largest absolute Gasteiger partial charge is 0.497 e. The summed E-state index contributed by atoms with van der Waals surface area (Å²) in [6.45, 7) is 4.11. The van der Waals surface area contributed by atoms with Gasteiger partial charge in [0.05, 0.1) is 13.7 Å². The van der Waals surface area contributed by atoms with E-state index in [4.69, 9.17) is 14.0 Å². The van der Waals surface area contributed by atoms with Crippen molar-refractivity contribution in [2.24, 2.45) is 0 Å². The van der Waals surface area contributed by atoms with Gasteiger partial charge in [-0.25, -0.2) is 0 Å². The van der Waals surface area contributed by atoms with Gasteiger partial charge in [-0.2, -0.15) is 4.98 Å². The summed E-state index contributed by atoms with van der Waals surface area (Å²) < 4.78 is 16.4. The minimum Gasteiger partial charge on any atom is -0.497 e. The summed E-state index contributed by atoms with van der Waals surface area (Å²) >= 11 is 0. The minimum atomic E-state index is -0.578. The van der Waals surface area contributed by atoms with Gasteiger partial charge in [0.25, 0.3) is 5.91 Å². The number of ether oxygens (including phenoxy) is 2. The molecule has 1 aromatic heterocycles. The topological polar surface area (TPSA) is 77.7 Å². The number of carbonyl (C=O) groups is 1. The van der Waals surface area contributed by atoms with Crippen molar-refractivity contribution in [3.8, 4) is 22.9 Å². The summed E-state index contributed by atoms with van der Waals surface area (Å²) in [6.07, 6.45) is -0.0244. The van der Waals surface area contributed by atoms with Crippen LogP contribution in [0.2, 0.25) is 0 Å². The normalized spacial score (nSPS) is 11.7. The van der Waals surface area contributed by atoms with E-state index >= 15 is 0 Å². The summed E-state index contributed by atoms with van der Waals surface area (Å²) in [6, 6.07) is 15.0. The first kappa shape index (κ1) is 20.4. The number of benzene rings is 2. The van der Waals surface area contributed by atoms with Crippen LogP contribution in [0.4, 0.5) is 0 Å². The lowest BCUT2D eigenvalue weighted by atomic mass is 10.2. The molecule has 0 spiro atoms. The first-order valence-electron chi connectivity index (χ1n) is 9.45. The molecule has 7 nitrogen and oxygen atoms in total. The van der Waals surface area contributed by atoms with Gasteiger partial charge in [0, 0.05) is 12.6 Å². The van der Waals surface area contributed by atoms with Gasteiger partial charge in [-0.05, 0) is 55.3 Å². The number of hydrogen-bond donors (Lipinski definition) is 0. The van der Waals surface area contributed by atoms with Crippen LogP contribution in [0, 0.1) is 6.92 Å². The third-order valence-corrected chi connectivity index (χ3v) is 4.48. The summed E-state index contributed by atoms with van der Waals surface area (Å²) in [4.78, 5) is 18.7. The van der Waals surface area contributed by atoms with Crippen LogP contribution in [0.3, 0.4) is 0 Å². The average Bonchev–Trinajstić information content (AvgIpc) is 3.20. The van der Waals surface area contributed by atoms with E-state index in [1.54, 1.807) is 14.2 Å². The Labute approximate surface area is 170 Å². The van der Waals surface area contributed by atoms with Gasteiger partial charge in [0.15, 0.2) is 6.10 Å². The van der Waals surface area contributed by atoms with Crippen molar-refractivity contribution in [1.82, 2.24) is 15.0 Å². The van der Waals surface area contributed by atoms with Gasteiger partial charge in [-0.15, -0.1) is 0 Å². The van der Waals surface area contributed by atoms with Gasteiger partial charge in [-0.3, -0.25) is 4.79 Å². The average molecular weight is 395 g/mol. The van der Waals surface area contributed by atoms with Crippen LogP contribution in [0.15, 0.2) is 53.1 Å². The van der Waals surface area contributed by atoms with Crippen LogP contribution < -0.4 is 9.47 Å². The maximum Gasteiger partial charge on any atom is 0.263 e. The fraction of sp³-hybridized carbons (Fsp3) is 0.318. The van der Waals surface area contributed by atoms with Crippen molar-refractivity contribution in [1.29, 1.82) is 0 Å². The van der Waals surface area contributed by atoms with Crippen LogP contribution in [-0.2, 0) is 11.3 Å². The van der Waals surface area contributed by atoms with E-state index in [0.29, 0.717) is 23.9 Å². The Morgan fingerprint density at radius 2 is 1.93 bits per heavy atom. The lowest BCUT2D eigenvalue weighted by Crippen LogP contribution is -2.39. The zero-order valence-electron chi connectivity index (χ0n) is 17.1. The molecule has 3 aromatic rings. The summed E-state index contributed by atoms with van der Waals surface area (Å²) in [7, 11) is 3.31. The molecule has 2 aromatic carbocycles. The molecule has 0 fully saturated rings. The fourth-order valence-corrected chi connectivity index (χ4v) is 2.86. The molecule has 0 N–H and O–H groups in total. The number of methoxy groups -OCH3 is 1. The highest BCUT2D eigenvalue weighted by Gasteiger charge is 2.24. The first-order valence-corrected chi connectivity index (χ1v) is 9.45. The predicted octanol–water partition coefficient (Wildman–Crippen LogP) is 3.87. The predicted molar refractivity (Wildman–Crippen MR) is 109 cm³/mol. The van der Waals surface area contributed by atoms with Crippen molar-refractivity contribution in [3.05, 3.63) is 60.0 Å². The Morgan fingerprint density at radius 1 is 1.17 bits per heavy atom. The van der Waals surface area contributed by atoms with E-state index in [1.807, 2.05) is 62.4 Å². The van der Waals surface area contributed by atoms with Crippen LogP contribution in [0.25, 0.3) is 11.4 Å². The molecule has 0 radical (unpaired) electrons. The zero-order valence-corrected chi connectivity index (χ0v) is 17.1. The van der Waals surface area contributed by atoms with E-state index in [1.165, 1.54) is 4.90 Å². The highest BCUT2D eigenvalue weighted by molar-refractivity contribution is 5.81. The summed E-state index contributed by atoms with van der Waals surface area (Å²) in [5, 5.41) is 4.00. The summed E-state index contributed by atoms with van der Waals surface area (Å²) in [5.74, 6) is 2.11. The van der Waals surface area contributed by atoms with Crippen LogP contribution in [-0.4, -0.2) is 41.2 Å². The molecule has 29 heavy (non-hydrogen) atoms. The smallest absolute Gasteiger partial charge is 0.263 e. The molecule has 152 valence electrons. The van der Waals surface area contributed by atoms with Crippen LogP contribution >= 0.6 is 0 Å². The Hall–Kier alpha value is -3.35. The van der Waals surface area contributed by atoms with Crippen molar-refractivity contribution in [2.45, 2.75) is 32.9 Å². The van der Waals surface area contributed by atoms with Gasteiger partial charge < -0.3 is 18.9 Å². The minimum absolute atomic E-state index is 0.141. The van der Waals surface area contributed by atoms with Gasteiger partial charge in [0.1, 0.15) is 11.5 Å². The van der Waals surface area contributed by atoms with Crippen molar-refractivity contribution < 1.29 is 18.8 Å². The molecule has 1 atom stereocenters. The van der Waals surface area contributed by atoms with Crippen LogP contribution in [0.5, 0.6) is 11.5 Å². The summed E-state index contributed by atoms with van der Waals surface area (Å²) in [5.41, 5.74) is 1.89. The number of rotatable bonds is 8. The number of carbonyl (C=O) groups excluding carboxylic acids is 1. The molecular weight excluding hydrogens is 370 g/mol. The second kappa shape index (κ2) is 9.23. The number of amides is 1. The number of hydrogen-bond acceptors (Lipinski definition) is 6. The molecular formula is C22H25N3O4. The van der Waals surface area contributed by atoms with Crippen molar-refractivity contribution >= 4 is 5.91 Å². The Balaban J connectivity index is 1.64. The molecule has 3 rings (SSSR count). The molecule has 1 heterocycles. The molecule has 1 amide bonds. The van der Waals surface area contributed by atoms with E-state index < -0.39 is 6.10 Å². The molecule has 7 heteroatoms. The molecule has 0 saturated carbocycles. The molecule has 0 aliphatic rings. The Morgan fingerprint density at radius 3 is 2.59 bits per heavy atom. The Bertz CT molecular complexity index is 953. The third-order valence-electron chi connectivity index (χ3n) is 4.48. The fourth-order valence-electron chi connectivity index (χ4n) is 2.86. The quantitative estimate of drug-likeness (QED) is 0.576. The standard InChI is InChI=1S/C22H25N3O4/c1-5-19(28-18-8-6-7-15(2)13-18)22(26)25(3)14-20-23-21(24-29-20)16-9-11-17(27-4)12-10-16/h6-13,19H,5,14H2,1-4H3/t19-/m1/s1. The zero-order chi connectivity index (χ0) is 20.8. The van der Waals surface area contributed by atoms with Crippen LogP contribution in [0.1, 0.15) is 24.8 Å². The number of aromatic nitrogens is 2. The molecule has 0 unspecified atom stereocenters. The van der Waals surface area contributed by atoms with Gasteiger partial charge in [0.2, 0.25) is 11.7 Å². The molecule has 0 aliphatic heterocycles. The second-order valence-corrected chi connectivity index (χ2v) is 6.77. The number of likely N-dealkylation sites (N-methyl/N-ethyl adjacent to an activating group) is 1. The number of aryl methyl sites for hydroxylation is 1. The van der Waals surface area contributed by atoms with E-state index in [-0.39, 0.29) is 12.5 Å². The maximum atomic E-state index is 12.8. The highest BCUT2D eigenvalue weighted by atomic mass is 16.5. The van der Waals surface area contributed by atoms with Crippen molar-refractivity contribution in [3.63, 3.8) is 0 Å².